The lowest BCUT2D eigenvalue weighted by atomic mass is 9.97. The monoisotopic (exact) mass is 376 g/mol. The number of nitrogens with two attached hydrogens (primary N) is 1. The molecule has 0 aliphatic carbocycles. The van der Waals surface area contributed by atoms with E-state index in [0.717, 1.165) is 18.5 Å². The molecular formula is C21H29ClN2O2. The van der Waals surface area contributed by atoms with Gasteiger partial charge in [-0.05, 0) is 51.2 Å². The van der Waals surface area contributed by atoms with E-state index in [-0.39, 0.29) is 12.4 Å². The second kappa shape index (κ2) is 8.85. The Morgan fingerprint density at radius 1 is 1.27 bits per heavy atom. The lowest BCUT2D eigenvalue weighted by Gasteiger charge is -2.21. The number of aromatic nitrogens is 1. The molecule has 0 saturated heterocycles. The van der Waals surface area contributed by atoms with Crippen LogP contribution in [0.5, 0.6) is 0 Å². The number of aliphatic hydroxyl groups is 1. The predicted molar refractivity (Wildman–Crippen MR) is 107 cm³/mol. The van der Waals surface area contributed by atoms with Crippen molar-refractivity contribution in [1.82, 2.24) is 4.57 Å². The standard InChI is InChI=1S/C21H29ClN2O2/c1-15-7-9-16(10-8-15)5-4-6-20(26)19-13-17(22)18(24(19)3)11-12-21(2,23)14-25/h7-10,13,25H,4-6,11-12,14,23H2,1-3H3/t21-/m1/s1. The van der Waals surface area contributed by atoms with Crippen LogP contribution in [-0.4, -0.2) is 27.6 Å². The van der Waals surface area contributed by atoms with E-state index in [4.69, 9.17) is 17.3 Å². The summed E-state index contributed by atoms with van der Waals surface area (Å²) in [6.45, 7) is 3.79. The zero-order valence-corrected chi connectivity index (χ0v) is 16.6. The Morgan fingerprint density at radius 2 is 1.92 bits per heavy atom. The van der Waals surface area contributed by atoms with Crippen LogP contribution in [-0.2, 0) is 19.9 Å². The van der Waals surface area contributed by atoms with Gasteiger partial charge in [-0.15, -0.1) is 0 Å². The zero-order chi connectivity index (χ0) is 19.3. The molecule has 0 unspecified atom stereocenters. The van der Waals surface area contributed by atoms with Crippen LogP contribution >= 0.6 is 11.6 Å². The van der Waals surface area contributed by atoms with Crippen molar-refractivity contribution in [1.29, 1.82) is 0 Å². The fraction of sp³-hybridized carbons (Fsp3) is 0.476. The number of aliphatic hydroxyl groups excluding tert-OH is 1. The molecule has 1 atom stereocenters. The topological polar surface area (TPSA) is 68.2 Å². The van der Waals surface area contributed by atoms with Crippen molar-refractivity contribution in [2.45, 2.75) is 51.5 Å². The molecule has 2 aromatic rings. The molecule has 0 amide bonds. The number of ketones is 1. The van der Waals surface area contributed by atoms with Crippen LogP contribution in [0.2, 0.25) is 5.02 Å². The van der Waals surface area contributed by atoms with Gasteiger partial charge in [-0.25, -0.2) is 0 Å². The predicted octanol–water partition coefficient (Wildman–Crippen LogP) is 3.83. The van der Waals surface area contributed by atoms with E-state index in [1.54, 1.807) is 13.0 Å². The number of carbonyl (C=O) groups is 1. The van der Waals surface area contributed by atoms with E-state index in [9.17, 15) is 9.90 Å². The van der Waals surface area contributed by atoms with E-state index < -0.39 is 5.54 Å². The van der Waals surface area contributed by atoms with Crippen molar-refractivity contribution in [2.24, 2.45) is 12.8 Å². The largest absolute Gasteiger partial charge is 0.394 e. The molecule has 5 heteroatoms. The van der Waals surface area contributed by atoms with Gasteiger partial charge in [0.15, 0.2) is 5.78 Å². The number of hydrogen-bond acceptors (Lipinski definition) is 3. The number of hydrogen-bond donors (Lipinski definition) is 2. The van der Waals surface area contributed by atoms with Crippen molar-refractivity contribution < 1.29 is 9.90 Å². The molecule has 4 nitrogen and oxygen atoms in total. The van der Waals surface area contributed by atoms with E-state index in [1.165, 1.54) is 11.1 Å². The van der Waals surface area contributed by atoms with Crippen molar-refractivity contribution >= 4 is 17.4 Å². The summed E-state index contributed by atoms with van der Waals surface area (Å²) in [7, 11) is 1.86. The van der Waals surface area contributed by atoms with Crippen LogP contribution in [0.4, 0.5) is 0 Å². The van der Waals surface area contributed by atoms with Gasteiger partial charge in [-0.3, -0.25) is 4.79 Å². The normalized spacial score (nSPS) is 13.6. The molecule has 26 heavy (non-hydrogen) atoms. The van der Waals surface area contributed by atoms with Gasteiger partial charge in [0.05, 0.1) is 17.3 Å². The molecule has 1 aromatic heterocycles. The molecule has 142 valence electrons. The maximum Gasteiger partial charge on any atom is 0.179 e. The molecule has 2 rings (SSSR count). The highest BCUT2D eigenvalue weighted by Gasteiger charge is 2.21. The highest BCUT2D eigenvalue weighted by Crippen LogP contribution is 2.25. The Bertz CT molecular complexity index is 748. The van der Waals surface area contributed by atoms with Gasteiger partial charge in [-0.2, -0.15) is 0 Å². The van der Waals surface area contributed by atoms with Gasteiger partial charge in [0.25, 0.3) is 0 Å². The quantitative estimate of drug-likeness (QED) is 0.653. The summed E-state index contributed by atoms with van der Waals surface area (Å²) in [4.78, 5) is 12.6. The minimum atomic E-state index is -0.647. The smallest absolute Gasteiger partial charge is 0.179 e. The molecule has 0 bridgehead atoms. The maximum absolute atomic E-state index is 12.6. The molecular weight excluding hydrogens is 348 g/mol. The Balaban J connectivity index is 1.96. The molecule has 1 aromatic carbocycles. The van der Waals surface area contributed by atoms with E-state index in [0.29, 0.717) is 30.0 Å². The third-order valence-corrected chi connectivity index (χ3v) is 5.20. The van der Waals surface area contributed by atoms with Crippen molar-refractivity contribution in [2.75, 3.05) is 6.61 Å². The Kier molecular flexibility index (Phi) is 7.04. The maximum atomic E-state index is 12.6. The van der Waals surface area contributed by atoms with Crippen LogP contribution in [0.15, 0.2) is 30.3 Å². The SMILES string of the molecule is Cc1ccc(CCCC(=O)c2cc(Cl)c(CC[C@@](C)(N)CO)n2C)cc1. The number of benzene rings is 1. The van der Waals surface area contributed by atoms with Crippen molar-refractivity contribution in [3.8, 4) is 0 Å². The summed E-state index contributed by atoms with van der Waals surface area (Å²) in [6.07, 6.45) is 3.42. The van der Waals surface area contributed by atoms with E-state index >= 15 is 0 Å². The van der Waals surface area contributed by atoms with Gasteiger partial charge in [0.1, 0.15) is 0 Å². The highest BCUT2D eigenvalue weighted by molar-refractivity contribution is 6.31. The minimum Gasteiger partial charge on any atom is -0.394 e. The second-order valence-electron chi connectivity index (χ2n) is 7.46. The number of Topliss-reactive ketones (excluding diaryl/α,β-unsaturated/α-hetero) is 1. The highest BCUT2D eigenvalue weighted by atomic mass is 35.5. The Hall–Kier alpha value is -1.62. The number of rotatable bonds is 9. The van der Waals surface area contributed by atoms with Crippen LogP contribution < -0.4 is 5.73 Å². The van der Waals surface area contributed by atoms with Crippen molar-refractivity contribution in [3.05, 3.63) is 57.9 Å². The third-order valence-electron chi connectivity index (χ3n) is 4.88. The summed E-state index contributed by atoms with van der Waals surface area (Å²) in [5, 5.41) is 9.88. The summed E-state index contributed by atoms with van der Waals surface area (Å²) in [5.41, 5.74) is 9.36. The second-order valence-corrected chi connectivity index (χ2v) is 7.86. The molecule has 3 N–H and O–H groups in total. The summed E-state index contributed by atoms with van der Waals surface area (Å²) < 4.78 is 1.87. The van der Waals surface area contributed by atoms with Gasteiger partial charge in [0.2, 0.25) is 0 Å². The first-order valence-corrected chi connectivity index (χ1v) is 9.44. The van der Waals surface area contributed by atoms with E-state index in [1.807, 2.05) is 11.6 Å². The Labute approximate surface area is 161 Å². The molecule has 0 saturated carbocycles. The fourth-order valence-corrected chi connectivity index (χ4v) is 3.30. The number of aryl methyl sites for hydroxylation is 2. The average Bonchev–Trinajstić information content (AvgIpc) is 2.89. The fourth-order valence-electron chi connectivity index (χ4n) is 2.98. The van der Waals surface area contributed by atoms with Crippen LogP contribution in [0.3, 0.4) is 0 Å². The van der Waals surface area contributed by atoms with E-state index in [2.05, 4.69) is 31.2 Å². The van der Waals surface area contributed by atoms with Crippen LogP contribution in [0.25, 0.3) is 0 Å². The summed E-state index contributed by atoms with van der Waals surface area (Å²) in [6, 6.07) is 10.2. The number of carbonyl (C=O) groups excluding carboxylic acids is 1. The first kappa shape index (κ1) is 20.7. The van der Waals surface area contributed by atoms with Crippen molar-refractivity contribution in [3.63, 3.8) is 0 Å². The summed E-state index contributed by atoms with van der Waals surface area (Å²) in [5.74, 6) is 0.102. The van der Waals surface area contributed by atoms with Crippen LogP contribution in [0, 0.1) is 6.92 Å². The van der Waals surface area contributed by atoms with Crippen LogP contribution in [0.1, 0.15) is 53.5 Å². The number of halogens is 1. The third kappa shape index (κ3) is 5.44. The first-order valence-electron chi connectivity index (χ1n) is 9.06. The lowest BCUT2D eigenvalue weighted by Crippen LogP contribution is -2.40. The minimum absolute atomic E-state index is 0.0835. The van der Waals surface area contributed by atoms with Gasteiger partial charge >= 0.3 is 0 Å². The summed E-state index contributed by atoms with van der Waals surface area (Å²) >= 11 is 6.33. The van der Waals surface area contributed by atoms with Gasteiger partial charge < -0.3 is 15.4 Å². The average molecular weight is 377 g/mol. The molecule has 0 aliphatic heterocycles. The van der Waals surface area contributed by atoms with Gasteiger partial charge in [0, 0.05) is 24.7 Å². The molecule has 1 heterocycles. The zero-order valence-electron chi connectivity index (χ0n) is 15.9. The van der Waals surface area contributed by atoms with Gasteiger partial charge in [-0.1, -0.05) is 41.4 Å². The lowest BCUT2D eigenvalue weighted by molar-refractivity contribution is 0.0972. The number of nitrogens with zero attached hydrogens (tertiary/aromatic N) is 1. The molecule has 0 radical (unpaired) electrons. The molecule has 0 spiro atoms. The molecule has 0 fully saturated rings. The molecule has 0 aliphatic rings. The first-order chi connectivity index (χ1) is 12.2. The Morgan fingerprint density at radius 3 is 2.54 bits per heavy atom.